The lowest BCUT2D eigenvalue weighted by Crippen LogP contribution is -2.51. The summed E-state index contributed by atoms with van der Waals surface area (Å²) in [4.78, 5) is 9.75. The number of hydrogen-bond acceptors (Lipinski definition) is 12. The number of benzene rings is 1. The van der Waals surface area contributed by atoms with Crippen LogP contribution in [0.2, 0.25) is 0 Å². The number of hydrogen-bond donors (Lipinski definition) is 2. The smallest absolute Gasteiger partial charge is 0.243 e. The van der Waals surface area contributed by atoms with E-state index in [1.54, 1.807) is 23.1 Å². The highest BCUT2D eigenvalue weighted by Gasteiger charge is 2.38. The van der Waals surface area contributed by atoms with Gasteiger partial charge in [0.15, 0.2) is 5.82 Å². The lowest BCUT2D eigenvalue weighted by molar-refractivity contribution is 0.00147. The van der Waals surface area contributed by atoms with Crippen LogP contribution < -0.4 is 19.1 Å². The van der Waals surface area contributed by atoms with Gasteiger partial charge in [0, 0.05) is 20.9 Å². The molecule has 0 unspecified atom stereocenters. The zero-order chi connectivity index (χ0) is 30.3. The molecule has 232 valence electrons. The first kappa shape index (κ1) is 31.3. The molecule has 42 heavy (non-hydrogen) atoms. The summed E-state index contributed by atoms with van der Waals surface area (Å²) in [6.45, 7) is 4.30. The summed E-state index contributed by atoms with van der Waals surface area (Å²) >= 11 is 0. The number of ether oxygens (including phenoxy) is 4. The van der Waals surface area contributed by atoms with E-state index in [-0.39, 0.29) is 58.6 Å². The zero-order valence-corrected chi connectivity index (χ0v) is 24.8. The minimum Gasteiger partial charge on any atom is -0.494 e. The summed E-state index contributed by atoms with van der Waals surface area (Å²) in [7, 11) is -1.14. The molecule has 0 aliphatic carbocycles. The highest BCUT2D eigenvalue weighted by Crippen LogP contribution is 2.36. The monoisotopic (exact) mass is 611 g/mol. The molecule has 1 aromatic carbocycles. The van der Waals surface area contributed by atoms with Crippen molar-refractivity contribution in [3.05, 3.63) is 42.2 Å². The van der Waals surface area contributed by atoms with Gasteiger partial charge in [-0.25, -0.2) is 22.8 Å². The van der Waals surface area contributed by atoms with Crippen LogP contribution in [0.25, 0.3) is 5.69 Å². The number of sulfonamides is 1. The number of para-hydroxylation sites is 1. The van der Waals surface area contributed by atoms with Crippen LogP contribution in [-0.4, -0.2) is 103 Å². The normalized spacial score (nSPS) is 17.5. The molecule has 3 aromatic rings. The maximum Gasteiger partial charge on any atom is 0.243 e. The number of aliphatic hydroxyl groups is 1. The van der Waals surface area contributed by atoms with Crippen molar-refractivity contribution in [2.75, 3.05) is 56.8 Å². The Morgan fingerprint density at radius 1 is 1.12 bits per heavy atom. The Hall–Kier alpha value is -3.60. The Bertz CT molecular complexity index is 1410. The third-order valence-electron chi connectivity index (χ3n) is 6.46. The van der Waals surface area contributed by atoms with Gasteiger partial charge in [-0.3, -0.25) is 9.29 Å². The SMILES string of the molecule is COc1cccc(OC)c1-n1c(CCOCCO)nnc1NS(=O)(=O)[C@H]1C[C@@H](OC(C)C)CN(c2ncc(F)cn2)C1.[HH]. The molecule has 1 fully saturated rings. The van der Waals surface area contributed by atoms with Crippen molar-refractivity contribution in [2.24, 2.45) is 0 Å². The number of halogens is 1. The van der Waals surface area contributed by atoms with Crippen LogP contribution in [-0.2, 0) is 25.9 Å². The quantitative estimate of drug-likeness (QED) is 0.255. The van der Waals surface area contributed by atoms with E-state index in [1.807, 2.05) is 13.8 Å². The van der Waals surface area contributed by atoms with Crippen molar-refractivity contribution in [3.8, 4) is 17.2 Å². The van der Waals surface area contributed by atoms with E-state index in [4.69, 9.17) is 24.1 Å². The number of aromatic nitrogens is 5. The minimum absolute atomic E-state index is 0. The summed E-state index contributed by atoms with van der Waals surface area (Å²) in [5.41, 5.74) is 0.397. The third-order valence-corrected chi connectivity index (χ3v) is 8.15. The number of anilines is 2. The fourth-order valence-corrected chi connectivity index (χ4v) is 6.12. The van der Waals surface area contributed by atoms with Crippen LogP contribution in [0.1, 0.15) is 27.5 Å². The zero-order valence-electron chi connectivity index (χ0n) is 23.9. The van der Waals surface area contributed by atoms with E-state index in [1.165, 1.54) is 18.8 Å². The van der Waals surface area contributed by atoms with Crippen molar-refractivity contribution in [2.45, 2.75) is 44.1 Å². The average Bonchev–Trinajstić information content (AvgIpc) is 3.35. The maximum absolute atomic E-state index is 13.9. The molecule has 1 saturated heterocycles. The Labute approximate surface area is 245 Å². The summed E-state index contributed by atoms with van der Waals surface area (Å²) in [6.07, 6.45) is 1.90. The predicted octanol–water partition coefficient (Wildman–Crippen LogP) is 1.83. The number of nitrogens with zero attached hydrogens (tertiary/aromatic N) is 6. The molecule has 0 radical (unpaired) electrons. The molecule has 2 aromatic heterocycles. The van der Waals surface area contributed by atoms with Gasteiger partial charge in [-0.1, -0.05) is 6.07 Å². The predicted molar refractivity (Wildman–Crippen MR) is 153 cm³/mol. The van der Waals surface area contributed by atoms with Gasteiger partial charge in [0.2, 0.25) is 21.9 Å². The number of aliphatic hydroxyl groups excluding tert-OH is 1. The van der Waals surface area contributed by atoms with Crippen molar-refractivity contribution in [3.63, 3.8) is 0 Å². The topological polar surface area (TPSA) is 163 Å². The molecule has 3 heterocycles. The Morgan fingerprint density at radius 3 is 2.43 bits per heavy atom. The third kappa shape index (κ3) is 7.42. The first-order valence-corrected chi connectivity index (χ1v) is 14.9. The summed E-state index contributed by atoms with van der Waals surface area (Å²) in [5, 5.41) is 16.5. The van der Waals surface area contributed by atoms with Crippen molar-refractivity contribution >= 4 is 21.9 Å². The molecule has 14 nitrogen and oxygen atoms in total. The van der Waals surface area contributed by atoms with Gasteiger partial charge in [-0.05, 0) is 32.4 Å². The van der Waals surface area contributed by atoms with Gasteiger partial charge in [0.25, 0.3) is 0 Å². The van der Waals surface area contributed by atoms with E-state index >= 15 is 0 Å². The average molecular weight is 612 g/mol. The largest absolute Gasteiger partial charge is 0.494 e. The van der Waals surface area contributed by atoms with Crippen LogP contribution in [0.15, 0.2) is 30.6 Å². The van der Waals surface area contributed by atoms with Crippen LogP contribution in [0.4, 0.5) is 16.3 Å². The molecule has 0 amide bonds. The fourth-order valence-electron chi connectivity index (χ4n) is 4.72. The Kier molecular flexibility index (Phi) is 10.5. The van der Waals surface area contributed by atoms with Crippen LogP contribution in [0, 0.1) is 5.82 Å². The van der Waals surface area contributed by atoms with Gasteiger partial charge in [0.05, 0.1) is 58.6 Å². The molecule has 2 N–H and O–H groups in total. The van der Waals surface area contributed by atoms with Gasteiger partial charge in [-0.15, -0.1) is 10.2 Å². The second-order valence-electron chi connectivity index (χ2n) is 9.79. The molecular formula is C26H38FN7O7S. The number of nitrogens with one attached hydrogen (secondary N) is 1. The summed E-state index contributed by atoms with van der Waals surface area (Å²) < 4.78 is 68.0. The summed E-state index contributed by atoms with van der Waals surface area (Å²) in [5.74, 6) is 0.691. The Balaban J connectivity index is 0.00000506. The number of rotatable bonds is 14. The van der Waals surface area contributed by atoms with Crippen LogP contribution in [0.5, 0.6) is 11.5 Å². The van der Waals surface area contributed by atoms with E-state index in [0.717, 1.165) is 12.4 Å². The highest BCUT2D eigenvalue weighted by atomic mass is 32.2. The molecule has 4 rings (SSSR count). The molecule has 0 saturated carbocycles. The number of methoxy groups -OCH3 is 2. The Morgan fingerprint density at radius 2 is 1.81 bits per heavy atom. The fraction of sp³-hybridized carbons (Fsp3) is 0.538. The van der Waals surface area contributed by atoms with Gasteiger partial charge < -0.3 is 29.0 Å². The highest BCUT2D eigenvalue weighted by molar-refractivity contribution is 7.93. The van der Waals surface area contributed by atoms with Crippen LogP contribution in [0.3, 0.4) is 0 Å². The lowest BCUT2D eigenvalue weighted by atomic mass is 10.1. The van der Waals surface area contributed by atoms with Crippen LogP contribution >= 0.6 is 0 Å². The van der Waals surface area contributed by atoms with E-state index in [9.17, 15) is 12.8 Å². The van der Waals surface area contributed by atoms with E-state index < -0.39 is 27.2 Å². The van der Waals surface area contributed by atoms with Crippen molar-refractivity contribution in [1.29, 1.82) is 0 Å². The molecule has 16 heteroatoms. The van der Waals surface area contributed by atoms with E-state index in [0.29, 0.717) is 29.6 Å². The molecule has 1 aliphatic rings. The first-order chi connectivity index (χ1) is 20.2. The standard InChI is InChI=1S/C26H36FN7O7S.H2/c1-17(2)41-19-12-20(16-33(15-19)25-28-13-18(27)14-29-25)42(36,37)32-26-31-30-23(8-10-40-11-9-35)34(26)24-21(38-3)6-5-7-22(24)39-4;/h5-7,13-14,17,19-20,35H,8-12,15-16H2,1-4H3,(H,31,32);1H/t19-,20+;/m1./s1. The molecule has 0 bridgehead atoms. The van der Waals surface area contributed by atoms with E-state index in [2.05, 4.69) is 24.9 Å². The van der Waals surface area contributed by atoms with Crippen molar-refractivity contribution < 1.29 is 38.3 Å². The molecule has 1 aliphatic heterocycles. The van der Waals surface area contributed by atoms with Crippen molar-refractivity contribution in [1.82, 2.24) is 24.7 Å². The summed E-state index contributed by atoms with van der Waals surface area (Å²) in [6, 6.07) is 5.15. The first-order valence-electron chi connectivity index (χ1n) is 13.4. The molecule has 0 spiro atoms. The second kappa shape index (κ2) is 14.0. The second-order valence-corrected chi connectivity index (χ2v) is 11.8. The minimum atomic E-state index is -4.11. The van der Waals surface area contributed by atoms with Gasteiger partial charge in [0.1, 0.15) is 28.3 Å². The van der Waals surface area contributed by atoms with Gasteiger partial charge >= 0.3 is 0 Å². The lowest BCUT2D eigenvalue weighted by Gasteiger charge is -2.37. The number of piperidine rings is 1. The van der Waals surface area contributed by atoms with Gasteiger partial charge in [-0.2, -0.15) is 0 Å². The molecule has 2 atom stereocenters. The molecular weight excluding hydrogens is 573 g/mol. The maximum atomic E-state index is 13.9.